The minimum Gasteiger partial charge on any atom is -0.305 e. The van der Waals surface area contributed by atoms with E-state index in [2.05, 4.69) is 0 Å². The first kappa shape index (κ1) is 17.2. The van der Waals surface area contributed by atoms with Gasteiger partial charge in [0.1, 0.15) is 0 Å². The van der Waals surface area contributed by atoms with Crippen LogP contribution in [0.25, 0.3) is 0 Å². The molecule has 1 fully saturated rings. The fraction of sp³-hybridized carbons (Fsp3) is 0.417. The number of alkyl halides is 3. The van der Waals surface area contributed by atoms with E-state index in [1.807, 2.05) is 0 Å². The highest BCUT2D eigenvalue weighted by Gasteiger charge is 2.42. The molecule has 1 unspecified atom stereocenters. The van der Waals surface area contributed by atoms with E-state index in [0.717, 1.165) is 0 Å². The summed E-state index contributed by atoms with van der Waals surface area (Å²) in [7, 11) is -3.19. The molecule has 0 radical (unpaired) electrons. The van der Waals surface area contributed by atoms with E-state index < -0.39 is 25.6 Å². The first-order valence-corrected chi connectivity index (χ1v) is 9.30. The third kappa shape index (κ3) is 4.17. The van der Waals surface area contributed by atoms with Crippen molar-refractivity contribution in [1.29, 1.82) is 0 Å². The van der Waals surface area contributed by atoms with E-state index in [-0.39, 0.29) is 11.5 Å². The summed E-state index contributed by atoms with van der Waals surface area (Å²) in [6.45, 7) is 0. The molecule has 0 aromatic heterocycles. The Balaban J connectivity index is 2.43. The van der Waals surface area contributed by atoms with Crippen molar-refractivity contribution >= 4 is 67.8 Å². The summed E-state index contributed by atoms with van der Waals surface area (Å²) in [6.07, 6.45) is 0.293. The molecule has 9 heteroatoms. The van der Waals surface area contributed by atoms with E-state index >= 15 is 0 Å². The molecule has 1 aliphatic heterocycles. The number of carbonyl (C=O) groups excluding carboxylic acids is 1. The average Bonchev–Trinajstić information content (AvgIpc) is 2.68. The van der Waals surface area contributed by atoms with E-state index in [9.17, 15) is 13.2 Å². The summed E-state index contributed by atoms with van der Waals surface area (Å²) in [5, 5.41) is 0.399. The minimum absolute atomic E-state index is 0.00185. The molecule has 1 saturated heterocycles. The van der Waals surface area contributed by atoms with Crippen LogP contribution in [0.3, 0.4) is 0 Å². The van der Waals surface area contributed by atoms with Gasteiger partial charge in [-0.25, -0.2) is 8.42 Å². The van der Waals surface area contributed by atoms with Crippen molar-refractivity contribution in [2.75, 3.05) is 16.4 Å². The van der Waals surface area contributed by atoms with Crippen molar-refractivity contribution in [3.8, 4) is 0 Å². The Hall–Kier alpha value is -0.200. The second kappa shape index (κ2) is 6.13. The zero-order valence-corrected chi connectivity index (χ0v) is 14.4. The van der Waals surface area contributed by atoms with Gasteiger partial charge in [-0.05, 0) is 24.6 Å². The summed E-state index contributed by atoms with van der Waals surface area (Å²) in [6, 6.07) is 5.84. The lowest BCUT2D eigenvalue weighted by molar-refractivity contribution is -0.118. The van der Waals surface area contributed by atoms with Gasteiger partial charge in [0.15, 0.2) is 9.84 Å². The lowest BCUT2D eigenvalue weighted by atomic mass is 10.2. The summed E-state index contributed by atoms with van der Waals surface area (Å²) < 4.78 is 21.1. The van der Waals surface area contributed by atoms with E-state index in [1.54, 1.807) is 18.2 Å². The number of halogens is 4. The van der Waals surface area contributed by atoms with Gasteiger partial charge in [0.25, 0.3) is 9.70 Å². The molecule has 0 bridgehead atoms. The topological polar surface area (TPSA) is 54.5 Å². The number of benzene rings is 1. The molecule has 1 aliphatic rings. The van der Waals surface area contributed by atoms with Crippen LogP contribution in [0, 0.1) is 0 Å². The Kier molecular flexibility index (Phi) is 5.01. The number of nitrogens with zero attached hydrogens (tertiary/aromatic N) is 1. The largest absolute Gasteiger partial charge is 0.305 e. The van der Waals surface area contributed by atoms with Crippen LogP contribution in [-0.2, 0) is 14.6 Å². The first-order chi connectivity index (χ1) is 9.60. The smallest absolute Gasteiger partial charge is 0.279 e. The highest BCUT2D eigenvalue weighted by molar-refractivity contribution is 7.91. The van der Waals surface area contributed by atoms with Gasteiger partial charge in [-0.1, -0.05) is 52.5 Å². The summed E-state index contributed by atoms with van der Waals surface area (Å²) in [5.41, 5.74) is 0.404. The fourth-order valence-corrected chi connectivity index (χ4v) is 4.39. The lowest BCUT2D eigenvalue weighted by Crippen LogP contribution is -2.47. The van der Waals surface area contributed by atoms with Crippen LogP contribution >= 0.6 is 46.4 Å². The van der Waals surface area contributed by atoms with Crippen LogP contribution in [0.5, 0.6) is 0 Å². The summed E-state index contributed by atoms with van der Waals surface area (Å²) in [5.74, 6) is -0.953. The number of hydrogen-bond donors (Lipinski definition) is 0. The van der Waals surface area contributed by atoms with Gasteiger partial charge < -0.3 is 4.90 Å². The second-order valence-corrected chi connectivity index (χ2v) is 9.66. The molecular formula is C12H11Cl4NO3S. The van der Waals surface area contributed by atoms with E-state index in [4.69, 9.17) is 46.4 Å². The Bertz CT molecular complexity index is 657. The van der Waals surface area contributed by atoms with Gasteiger partial charge in [-0.15, -0.1) is 0 Å². The maximum atomic E-state index is 12.4. The number of rotatable bonds is 2. The van der Waals surface area contributed by atoms with Gasteiger partial charge in [-0.3, -0.25) is 4.79 Å². The molecule has 1 heterocycles. The predicted octanol–water partition coefficient (Wildman–Crippen LogP) is 3.23. The number of anilines is 1. The molecule has 1 amide bonds. The van der Waals surface area contributed by atoms with E-state index in [1.165, 1.54) is 11.0 Å². The number of carbonyl (C=O) groups is 1. The zero-order valence-electron chi connectivity index (χ0n) is 10.6. The molecule has 0 saturated carbocycles. The first-order valence-electron chi connectivity index (χ1n) is 5.96. The number of amides is 1. The van der Waals surface area contributed by atoms with Gasteiger partial charge in [0, 0.05) is 10.7 Å². The zero-order chi connectivity index (χ0) is 15.8. The van der Waals surface area contributed by atoms with Crippen LogP contribution in [0.15, 0.2) is 24.3 Å². The molecule has 0 N–H and O–H groups in total. The van der Waals surface area contributed by atoms with Crippen molar-refractivity contribution in [2.24, 2.45) is 0 Å². The normalized spacial score (nSPS) is 21.2. The lowest BCUT2D eigenvalue weighted by Gasteiger charge is -2.31. The fourth-order valence-electron chi connectivity index (χ4n) is 2.24. The predicted molar refractivity (Wildman–Crippen MR) is 86.3 cm³/mol. The molecule has 1 aromatic carbocycles. The van der Waals surface area contributed by atoms with Crippen LogP contribution in [0.4, 0.5) is 5.69 Å². The van der Waals surface area contributed by atoms with Crippen molar-refractivity contribution in [2.45, 2.75) is 16.3 Å². The SMILES string of the molecule is O=C(N(c1cccc(Cl)c1)C1CCS(=O)(=O)C1)C(Cl)(Cl)Cl. The Morgan fingerprint density at radius 3 is 2.43 bits per heavy atom. The molecule has 0 spiro atoms. The Morgan fingerprint density at radius 2 is 1.95 bits per heavy atom. The molecule has 0 aliphatic carbocycles. The summed E-state index contributed by atoms with van der Waals surface area (Å²) in [4.78, 5) is 13.6. The molecular weight excluding hydrogens is 380 g/mol. The number of sulfone groups is 1. The van der Waals surface area contributed by atoms with Gasteiger partial charge in [0.05, 0.1) is 17.5 Å². The molecule has 116 valence electrons. The molecule has 4 nitrogen and oxygen atoms in total. The maximum absolute atomic E-state index is 12.4. The van der Waals surface area contributed by atoms with Crippen LogP contribution in [0.2, 0.25) is 5.02 Å². The Morgan fingerprint density at radius 1 is 1.29 bits per heavy atom. The maximum Gasteiger partial charge on any atom is 0.279 e. The summed E-state index contributed by atoms with van der Waals surface area (Å²) >= 11 is 22.9. The molecule has 2 rings (SSSR count). The molecule has 1 aromatic rings. The van der Waals surface area contributed by atoms with Crippen molar-refractivity contribution in [1.82, 2.24) is 0 Å². The van der Waals surface area contributed by atoms with Gasteiger partial charge in [0.2, 0.25) is 0 Å². The second-order valence-electron chi connectivity index (χ2n) is 4.71. The average molecular weight is 391 g/mol. The third-order valence-corrected chi connectivity index (χ3v) is 5.59. The highest BCUT2D eigenvalue weighted by Crippen LogP contribution is 2.34. The molecule has 1 atom stereocenters. The highest BCUT2D eigenvalue weighted by atomic mass is 35.6. The monoisotopic (exact) mass is 389 g/mol. The number of hydrogen-bond acceptors (Lipinski definition) is 3. The van der Waals surface area contributed by atoms with E-state index in [0.29, 0.717) is 17.1 Å². The quantitative estimate of drug-likeness (QED) is 0.728. The van der Waals surface area contributed by atoms with Crippen molar-refractivity contribution < 1.29 is 13.2 Å². The van der Waals surface area contributed by atoms with Crippen LogP contribution in [-0.4, -0.2) is 35.7 Å². The van der Waals surface area contributed by atoms with Crippen LogP contribution < -0.4 is 4.90 Å². The molecule has 21 heavy (non-hydrogen) atoms. The van der Waals surface area contributed by atoms with Gasteiger partial charge in [-0.2, -0.15) is 0 Å². The third-order valence-electron chi connectivity index (χ3n) is 3.12. The van der Waals surface area contributed by atoms with Crippen molar-refractivity contribution in [3.05, 3.63) is 29.3 Å². The van der Waals surface area contributed by atoms with Crippen molar-refractivity contribution in [3.63, 3.8) is 0 Å². The standard InChI is InChI=1S/C12H11Cl4NO3S/c13-8-2-1-3-9(6-8)17(11(18)12(14,15)16)10-4-5-21(19,20)7-10/h1-3,6,10H,4-5,7H2. The Labute approximate surface area is 142 Å². The minimum atomic E-state index is -3.19. The van der Waals surface area contributed by atoms with Crippen LogP contribution in [0.1, 0.15) is 6.42 Å². The van der Waals surface area contributed by atoms with Gasteiger partial charge >= 0.3 is 0 Å².